The van der Waals surface area contributed by atoms with E-state index in [1.54, 1.807) is 17.5 Å². The smallest absolute Gasteiger partial charge is 0.156 e. The molecule has 0 spiro atoms. The molecule has 1 radical (unpaired) electrons. The largest absolute Gasteiger partial charge is 0.490 e. The van der Waals surface area contributed by atoms with Gasteiger partial charge in [0.25, 0.3) is 0 Å². The van der Waals surface area contributed by atoms with Crippen LogP contribution < -0.4 is 9.47 Å². The van der Waals surface area contributed by atoms with E-state index >= 15 is 0 Å². The Bertz CT molecular complexity index is 780. The normalized spacial score (nSPS) is 20.6. The van der Waals surface area contributed by atoms with Crippen LogP contribution in [0.15, 0.2) is 66.9 Å². The number of aromatic nitrogens is 1. The molecule has 1 aliphatic heterocycles. The highest BCUT2D eigenvalue weighted by Gasteiger charge is 2.31. The lowest BCUT2D eigenvalue weighted by atomic mass is 10.1. The summed E-state index contributed by atoms with van der Waals surface area (Å²) in [5.74, 6) is 1.80. The molecule has 1 fully saturated rings. The Morgan fingerprint density at radius 2 is 1.69 bits per heavy atom. The number of para-hydroxylation sites is 2. The molecule has 1 aliphatic rings. The van der Waals surface area contributed by atoms with Crippen molar-refractivity contribution in [3.05, 3.63) is 77.2 Å². The van der Waals surface area contributed by atoms with Crippen molar-refractivity contribution in [1.29, 1.82) is 0 Å². The third kappa shape index (κ3) is 4.42. The monoisotopic (exact) mass is 365 g/mol. The molecule has 2 unspecified atom stereocenters. The summed E-state index contributed by atoms with van der Waals surface area (Å²) in [5, 5.41) is 4.13. The minimum Gasteiger partial charge on any atom is -0.490 e. The molecule has 0 N–H and O–H groups in total. The van der Waals surface area contributed by atoms with Crippen LogP contribution in [-0.4, -0.2) is 28.8 Å². The van der Waals surface area contributed by atoms with Crippen LogP contribution in [0.2, 0.25) is 0 Å². The maximum Gasteiger partial charge on any atom is 0.156 e. The van der Waals surface area contributed by atoms with E-state index in [9.17, 15) is 0 Å². The lowest BCUT2D eigenvalue weighted by Crippen LogP contribution is -2.48. The van der Waals surface area contributed by atoms with Crippen LogP contribution in [0.3, 0.4) is 0 Å². The SMILES string of the molecule is [c]1cnc(CN2CCC(Oc3ccccc3)CC2Oc2ccccc2)s1. The molecule has 0 aliphatic carbocycles. The van der Waals surface area contributed by atoms with Gasteiger partial charge in [0, 0.05) is 19.2 Å². The van der Waals surface area contributed by atoms with Gasteiger partial charge in [0.2, 0.25) is 0 Å². The molecular formula is C21H21N2O2S. The molecule has 26 heavy (non-hydrogen) atoms. The molecule has 2 atom stereocenters. The summed E-state index contributed by atoms with van der Waals surface area (Å²) in [6, 6.07) is 20.0. The number of likely N-dealkylation sites (tertiary alicyclic amines) is 1. The second kappa shape index (κ2) is 8.34. The van der Waals surface area contributed by atoms with Crippen LogP contribution in [0.1, 0.15) is 17.8 Å². The molecule has 3 aromatic rings. The van der Waals surface area contributed by atoms with Crippen molar-refractivity contribution >= 4 is 11.3 Å². The summed E-state index contributed by atoms with van der Waals surface area (Å²) in [7, 11) is 0. The Hall–Kier alpha value is -2.37. The average Bonchev–Trinajstić information content (AvgIpc) is 3.19. The minimum atomic E-state index is -0.0382. The number of ether oxygens (including phenoxy) is 2. The fourth-order valence-electron chi connectivity index (χ4n) is 3.17. The van der Waals surface area contributed by atoms with Crippen LogP contribution in [0.5, 0.6) is 11.5 Å². The first-order valence-corrected chi connectivity index (χ1v) is 9.67. The van der Waals surface area contributed by atoms with Gasteiger partial charge in [-0.05, 0) is 30.7 Å². The maximum absolute atomic E-state index is 6.30. The first-order valence-electron chi connectivity index (χ1n) is 8.85. The number of rotatable bonds is 6. The van der Waals surface area contributed by atoms with Crippen molar-refractivity contribution in [2.75, 3.05) is 6.54 Å². The van der Waals surface area contributed by atoms with Crippen LogP contribution >= 0.6 is 11.3 Å². The van der Waals surface area contributed by atoms with Crippen LogP contribution in [-0.2, 0) is 6.54 Å². The average molecular weight is 365 g/mol. The molecule has 133 valence electrons. The molecule has 4 rings (SSSR count). The third-order valence-corrected chi connectivity index (χ3v) is 5.14. The Labute approximate surface area is 158 Å². The van der Waals surface area contributed by atoms with Crippen molar-refractivity contribution in [3.63, 3.8) is 0 Å². The van der Waals surface area contributed by atoms with E-state index in [0.717, 1.165) is 42.4 Å². The van der Waals surface area contributed by atoms with Gasteiger partial charge in [-0.15, -0.1) is 11.3 Å². The Kier molecular flexibility index (Phi) is 5.47. The molecule has 4 nitrogen and oxygen atoms in total. The molecular weight excluding hydrogens is 344 g/mol. The van der Waals surface area contributed by atoms with Crippen LogP contribution in [0.25, 0.3) is 0 Å². The molecule has 0 saturated carbocycles. The highest BCUT2D eigenvalue weighted by molar-refractivity contribution is 7.09. The van der Waals surface area contributed by atoms with Crippen LogP contribution in [0.4, 0.5) is 0 Å². The van der Waals surface area contributed by atoms with Crippen LogP contribution in [0, 0.1) is 5.38 Å². The summed E-state index contributed by atoms with van der Waals surface area (Å²) >= 11 is 1.56. The Morgan fingerprint density at radius 1 is 1.00 bits per heavy atom. The zero-order valence-corrected chi connectivity index (χ0v) is 15.3. The molecule has 1 aromatic heterocycles. The first-order chi connectivity index (χ1) is 12.9. The van der Waals surface area contributed by atoms with E-state index in [0.29, 0.717) is 0 Å². The van der Waals surface area contributed by atoms with E-state index in [2.05, 4.69) is 15.3 Å². The second-order valence-electron chi connectivity index (χ2n) is 6.31. The van der Waals surface area contributed by atoms with Gasteiger partial charge >= 0.3 is 0 Å². The number of nitrogens with zero attached hydrogens (tertiary/aromatic N) is 2. The Morgan fingerprint density at radius 3 is 2.35 bits per heavy atom. The summed E-state index contributed by atoms with van der Waals surface area (Å²) in [4.78, 5) is 6.71. The zero-order valence-electron chi connectivity index (χ0n) is 14.5. The molecule has 2 heterocycles. The fraction of sp³-hybridized carbons (Fsp3) is 0.286. The van der Waals surface area contributed by atoms with Crippen molar-refractivity contribution < 1.29 is 9.47 Å². The highest BCUT2D eigenvalue weighted by Crippen LogP contribution is 2.26. The molecule has 5 heteroatoms. The lowest BCUT2D eigenvalue weighted by molar-refractivity contribution is -0.0491. The van der Waals surface area contributed by atoms with E-state index in [4.69, 9.17) is 9.47 Å². The number of thiazole rings is 1. The molecule has 0 bridgehead atoms. The van der Waals surface area contributed by atoms with Crippen molar-refractivity contribution in [1.82, 2.24) is 9.88 Å². The third-order valence-electron chi connectivity index (χ3n) is 4.45. The summed E-state index contributed by atoms with van der Waals surface area (Å²) in [5.41, 5.74) is 0. The molecule has 1 saturated heterocycles. The Balaban J connectivity index is 1.46. The van der Waals surface area contributed by atoms with Gasteiger partial charge in [-0.25, -0.2) is 4.98 Å². The maximum atomic E-state index is 6.30. The van der Waals surface area contributed by atoms with Crippen molar-refractivity contribution in [3.8, 4) is 11.5 Å². The minimum absolute atomic E-state index is 0.0382. The van der Waals surface area contributed by atoms with Gasteiger partial charge in [0.05, 0.1) is 11.9 Å². The summed E-state index contributed by atoms with van der Waals surface area (Å²) in [6.07, 6.45) is 3.63. The predicted molar refractivity (Wildman–Crippen MR) is 102 cm³/mol. The predicted octanol–water partition coefficient (Wildman–Crippen LogP) is 4.39. The summed E-state index contributed by atoms with van der Waals surface area (Å²) in [6.45, 7) is 1.69. The quantitative estimate of drug-likeness (QED) is 0.649. The zero-order chi connectivity index (χ0) is 17.6. The standard InChI is InChI=1S/C21H21N2O2S/c1-3-7-17(8-4-1)24-19-11-13-23(16-20-22-12-14-26-20)21(15-19)25-18-9-5-2-6-10-18/h1-10,12,19,21H,11,13,15-16H2. The molecule has 2 aromatic carbocycles. The number of hydrogen-bond donors (Lipinski definition) is 0. The van der Waals surface area contributed by atoms with Gasteiger partial charge in [-0.1, -0.05) is 36.4 Å². The van der Waals surface area contributed by atoms with Crippen molar-refractivity contribution in [2.45, 2.75) is 31.7 Å². The van der Waals surface area contributed by atoms with E-state index in [1.165, 1.54) is 0 Å². The van der Waals surface area contributed by atoms with Gasteiger partial charge in [0.1, 0.15) is 22.6 Å². The number of hydrogen-bond acceptors (Lipinski definition) is 5. The van der Waals surface area contributed by atoms with Crippen molar-refractivity contribution in [2.24, 2.45) is 0 Å². The van der Waals surface area contributed by atoms with E-state index in [1.807, 2.05) is 60.7 Å². The summed E-state index contributed by atoms with van der Waals surface area (Å²) < 4.78 is 12.5. The fourth-order valence-corrected chi connectivity index (χ4v) is 3.75. The van der Waals surface area contributed by atoms with Gasteiger partial charge < -0.3 is 9.47 Å². The van der Waals surface area contributed by atoms with Gasteiger partial charge in [-0.2, -0.15) is 0 Å². The topological polar surface area (TPSA) is 34.6 Å². The second-order valence-corrected chi connectivity index (χ2v) is 7.22. The highest BCUT2D eigenvalue weighted by atomic mass is 32.1. The van der Waals surface area contributed by atoms with E-state index in [-0.39, 0.29) is 12.3 Å². The van der Waals surface area contributed by atoms with E-state index < -0.39 is 0 Å². The lowest BCUT2D eigenvalue weighted by Gasteiger charge is -2.38. The number of piperidine rings is 1. The first kappa shape index (κ1) is 17.1. The van der Waals surface area contributed by atoms with Gasteiger partial charge in [0.15, 0.2) is 6.23 Å². The van der Waals surface area contributed by atoms with Gasteiger partial charge in [-0.3, -0.25) is 4.90 Å². The molecule has 0 amide bonds. The number of benzene rings is 2.